The van der Waals surface area contributed by atoms with Gasteiger partial charge in [0, 0.05) is 43.8 Å². The number of aromatic nitrogens is 3. The minimum absolute atomic E-state index is 0.109. The van der Waals surface area contributed by atoms with Gasteiger partial charge in [-0.25, -0.2) is 9.78 Å². The number of carbonyl (C=O) groups is 3. The van der Waals surface area contributed by atoms with E-state index in [1.54, 1.807) is 46.1 Å². The number of urea groups is 1. The van der Waals surface area contributed by atoms with Gasteiger partial charge in [0.2, 0.25) is 5.88 Å². The highest BCUT2D eigenvalue weighted by molar-refractivity contribution is 6.43. The highest BCUT2D eigenvalue weighted by atomic mass is 35.5. The highest BCUT2D eigenvalue weighted by Gasteiger charge is 2.19. The Morgan fingerprint density at radius 1 is 1.09 bits per heavy atom. The number of rotatable bonds is 7. The van der Waals surface area contributed by atoms with Crippen molar-refractivity contribution in [2.24, 2.45) is 0 Å². The first-order chi connectivity index (χ1) is 16.4. The van der Waals surface area contributed by atoms with Crippen LogP contribution in [-0.2, 0) is 16.1 Å². The summed E-state index contributed by atoms with van der Waals surface area (Å²) in [4.78, 5) is 41.7. The molecule has 11 nitrogen and oxygen atoms in total. The zero-order valence-corrected chi connectivity index (χ0v) is 19.1. The lowest BCUT2D eigenvalue weighted by Gasteiger charge is -2.13. The van der Waals surface area contributed by atoms with E-state index in [0.717, 1.165) is 0 Å². The largest absolute Gasteiger partial charge is 0.438 e. The molecule has 34 heavy (non-hydrogen) atoms. The molecule has 0 aliphatic carbocycles. The Morgan fingerprint density at radius 3 is 2.56 bits per heavy atom. The summed E-state index contributed by atoms with van der Waals surface area (Å²) in [5, 5.41) is 12.5. The van der Waals surface area contributed by atoms with Crippen LogP contribution in [0.3, 0.4) is 0 Å². The van der Waals surface area contributed by atoms with Gasteiger partial charge in [-0.3, -0.25) is 14.3 Å². The summed E-state index contributed by atoms with van der Waals surface area (Å²) in [7, 11) is 0. The molecular weight excluding hydrogens is 485 g/mol. The Kier molecular flexibility index (Phi) is 7.14. The summed E-state index contributed by atoms with van der Waals surface area (Å²) >= 11 is 11.9. The quantitative estimate of drug-likeness (QED) is 0.424. The molecule has 0 atom stereocenters. The van der Waals surface area contributed by atoms with E-state index in [0.29, 0.717) is 42.6 Å². The molecule has 3 heterocycles. The average molecular weight is 504 g/mol. The van der Waals surface area contributed by atoms with Crippen molar-refractivity contribution in [3.63, 3.8) is 0 Å². The molecule has 1 aliphatic heterocycles. The Labute approximate surface area is 204 Å². The summed E-state index contributed by atoms with van der Waals surface area (Å²) < 4.78 is 7.16. The lowest BCUT2D eigenvalue weighted by atomic mass is 10.3. The van der Waals surface area contributed by atoms with Crippen molar-refractivity contribution >= 4 is 52.6 Å². The van der Waals surface area contributed by atoms with E-state index in [1.807, 2.05) is 0 Å². The van der Waals surface area contributed by atoms with Gasteiger partial charge in [-0.1, -0.05) is 23.2 Å². The second kappa shape index (κ2) is 10.4. The molecule has 176 valence electrons. The van der Waals surface area contributed by atoms with E-state index in [2.05, 4.69) is 26.0 Å². The zero-order valence-electron chi connectivity index (χ0n) is 17.6. The number of amides is 4. The van der Waals surface area contributed by atoms with Gasteiger partial charge < -0.3 is 25.6 Å². The lowest BCUT2D eigenvalue weighted by molar-refractivity contribution is -0.133. The summed E-state index contributed by atoms with van der Waals surface area (Å²) in [6.07, 6.45) is 3.06. The topological polar surface area (TPSA) is 130 Å². The van der Waals surface area contributed by atoms with Crippen molar-refractivity contribution in [3.8, 4) is 11.6 Å². The number of benzene rings is 1. The van der Waals surface area contributed by atoms with E-state index in [1.165, 1.54) is 12.3 Å². The van der Waals surface area contributed by atoms with E-state index in [9.17, 15) is 14.4 Å². The number of pyridine rings is 1. The summed E-state index contributed by atoms with van der Waals surface area (Å²) in [5.74, 6) is -0.899. The highest BCUT2D eigenvalue weighted by Crippen LogP contribution is 2.29. The Bertz CT molecular complexity index is 1220. The maximum Gasteiger partial charge on any atom is 0.317 e. The van der Waals surface area contributed by atoms with Crippen LogP contribution in [0, 0.1) is 0 Å². The maximum atomic E-state index is 12.2. The number of halogens is 2. The van der Waals surface area contributed by atoms with Gasteiger partial charge in [0.05, 0.1) is 11.6 Å². The van der Waals surface area contributed by atoms with E-state index in [-0.39, 0.29) is 22.8 Å². The Hall–Kier alpha value is -3.83. The van der Waals surface area contributed by atoms with Crippen molar-refractivity contribution in [2.75, 3.05) is 30.3 Å². The van der Waals surface area contributed by atoms with Gasteiger partial charge in [-0.15, -0.1) is 0 Å². The number of hydrogen-bond donors (Lipinski definition) is 3. The number of anilines is 2. The SMILES string of the molecule is O=C(Nc1ccc(Oc2ncc(Cl)cc2Cl)cc1)C(=O)Nc1ccn(CCN2CCNC2=O)n1. The van der Waals surface area contributed by atoms with Crippen LogP contribution in [0.5, 0.6) is 11.6 Å². The molecule has 1 aliphatic rings. The third-order valence-corrected chi connectivity index (χ3v) is 5.21. The van der Waals surface area contributed by atoms with Crippen LogP contribution in [0.2, 0.25) is 10.0 Å². The van der Waals surface area contributed by atoms with Crippen molar-refractivity contribution in [3.05, 3.63) is 58.8 Å². The number of ether oxygens (including phenoxy) is 1. The van der Waals surface area contributed by atoms with Crippen molar-refractivity contribution in [2.45, 2.75) is 6.54 Å². The molecule has 3 N–H and O–H groups in total. The van der Waals surface area contributed by atoms with Crippen LogP contribution in [0.15, 0.2) is 48.8 Å². The minimum Gasteiger partial charge on any atom is -0.438 e. The van der Waals surface area contributed by atoms with Crippen LogP contribution in [0.25, 0.3) is 0 Å². The van der Waals surface area contributed by atoms with Gasteiger partial charge in [-0.05, 0) is 30.3 Å². The van der Waals surface area contributed by atoms with Gasteiger partial charge in [0.1, 0.15) is 10.8 Å². The Morgan fingerprint density at radius 2 is 1.85 bits per heavy atom. The second-order valence-corrected chi connectivity index (χ2v) is 8.00. The van der Waals surface area contributed by atoms with Gasteiger partial charge >= 0.3 is 17.8 Å². The minimum atomic E-state index is -0.873. The van der Waals surface area contributed by atoms with Crippen LogP contribution >= 0.6 is 23.2 Å². The number of nitrogens with zero attached hydrogens (tertiary/aromatic N) is 4. The average Bonchev–Trinajstić information content (AvgIpc) is 3.43. The fraction of sp³-hybridized carbons (Fsp3) is 0.190. The first-order valence-corrected chi connectivity index (χ1v) is 10.9. The number of nitrogens with one attached hydrogen (secondary N) is 3. The molecule has 1 saturated heterocycles. The second-order valence-electron chi connectivity index (χ2n) is 7.16. The lowest BCUT2D eigenvalue weighted by Crippen LogP contribution is -2.31. The van der Waals surface area contributed by atoms with Crippen molar-refractivity contribution < 1.29 is 19.1 Å². The molecule has 0 saturated carbocycles. The normalized spacial score (nSPS) is 12.9. The molecule has 0 spiro atoms. The predicted molar refractivity (Wildman–Crippen MR) is 125 cm³/mol. The van der Waals surface area contributed by atoms with Crippen molar-refractivity contribution in [1.82, 2.24) is 25.0 Å². The molecule has 0 unspecified atom stereocenters. The van der Waals surface area contributed by atoms with E-state index < -0.39 is 11.8 Å². The molecule has 0 bridgehead atoms. The third kappa shape index (κ3) is 5.94. The monoisotopic (exact) mass is 503 g/mol. The fourth-order valence-corrected chi connectivity index (χ4v) is 3.48. The van der Waals surface area contributed by atoms with Crippen LogP contribution < -0.4 is 20.7 Å². The first kappa shape index (κ1) is 23.3. The van der Waals surface area contributed by atoms with E-state index >= 15 is 0 Å². The maximum absolute atomic E-state index is 12.2. The molecule has 4 amide bonds. The fourth-order valence-electron chi connectivity index (χ4n) is 3.06. The zero-order chi connectivity index (χ0) is 24.1. The van der Waals surface area contributed by atoms with E-state index in [4.69, 9.17) is 27.9 Å². The third-order valence-electron chi connectivity index (χ3n) is 4.73. The summed E-state index contributed by atoms with van der Waals surface area (Å²) in [6.45, 7) is 2.21. The molecule has 1 fully saturated rings. The predicted octanol–water partition coefficient (Wildman–Crippen LogP) is 2.98. The van der Waals surface area contributed by atoms with Gasteiger partial charge in [-0.2, -0.15) is 5.10 Å². The summed E-state index contributed by atoms with van der Waals surface area (Å²) in [6, 6.07) is 9.26. The Balaban J connectivity index is 1.27. The van der Waals surface area contributed by atoms with Gasteiger partial charge in [0.15, 0.2) is 5.82 Å². The number of carbonyl (C=O) groups excluding carboxylic acids is 3. The summed E-state index contributed by atoms with van der Waals surface area (Å²) in [5.41, 5.74) is 0.386. The van der Waals surface area contributed by atoms with Gasteiger partial charge in [0.25, 0.3) is 0 Å². The molecule has 13 heteroatoms. The van der Waals surface area contributed by atoms with Crippen molar-refractivity contribution in [1.29, 1.82) is 0 Å². The first-order valence-electron chi connectivity index (χ1n) is 10.1. The molecule has 0 radical (unpaired) electrons. The molecule has 2 aromatic heterocycles. The van der Waals surface area contributed by atoms with Crippen LogP contribution in [0.4, 0.5) is 16.3 Å². The van der Waals surface area contributed by atoms with Crippen LogP contribution in [-0.4, -0.2) is 57.1 Å². The molecule has 1 aromatic carbocycles. The molecular formula is C21H19Cl2N7O4. The molecule has 3 aromatic rings. The molecule has 4 rings (SSSR count). The standard InChI is InChI=1S/C21H19Cl2N7O4/c22-13-11-16(23)20(25-12-13)34-15-3-1-14(2-4-15)26-18(31)19(32)27-17-5-7-30(28-17)10-9-29-8-6-24-21(29)33/h1-5,7,11-12H,6,8-10H2,(H,24,33)(H,26,31)(H,27,28,32). The number of hydrogen-bond acceptors (Lipinski definition) is 6. The van der Waals surface area contributed by atoms with Crippen LogP contribution in [0.1, 0.15) is 0 Å². The smallest absolute Gasteiger partial charge is 0.317 e.